The molecule has 1 unspecified atom stereocenters. The zero-order valence-electron chi connectivity index (χ0n) is 9.40. The highest BCUT2D eigenvalue weighted by molar-refractivity contribution is 5.44. The van der Waals surface area contributed by atoms with E-state index < -0.39 is 0 Å². The Hall–Kier alpha value is -1.42. The molecule has 1 aromatic rings. The molecule has 4 nitrogen and oxygen atoms in total. The monoisotopic (exact) mass is 223 g/mol. The van der Waals surface area contributed by atoms with E-state index in [2.05, 4.69) is 5.32 Å². The summed E-state index contributed by atoms with van der Waals surface area (Å²) in [7, 11) is 1.53. The quantitative estimate of drug-likeness (QED) is 0.816. The molecule has 0 saturated carbocycles. The van der Waals surface area contributed by atoms with E-state index >= 15 is 0 Å². The van der Waals surface area contributed by atoms with Crippen molar-refractivity contribution < 1.29 is 14.6 Å². The highest BCUT2D eigenvalue weighted by Gasteiger charge is 2.14. The molecule has 1 atom stereocenters. The second-order valence-corrected chi connectivity index (χ2v) is 3.92. The number of phenolic OH excluding ortho intramolecular Hbond substituents is 1. The van der Waals surface area contributed by atoms with Gasteiger partial charge in [-0.25, -0.2) is 0 Å². The van der Waals surface area contributed by atoms with Gasteiger partial charge in [-0.2, -0.15) is 0 Å². The van der Waals surface area contributed by atoms with Crippen LogP contribution in [-0.4, -0.2) is 31.4 Å². The Kier molecular flexibility index (Phi) is 3.51. The Bertz CT molecular complexity index is 348. The van der Waals surface area contributed by atoms with E-state index in [1.54, 1.807) is 12.1 Å². The highest BCUT2D eigenvalue weighted by Crippen LogP contribution is 2.30. The first-order valence-electron chi connectivity index (χ1n) is 5.54. The van der Waals surface area contributed by atoms with E-state index in [1.807, 2.05) is 6.07 Å². The number of phenols is 1. The molecule has 0 amide bonds. The molecule has 0 aromatic heterocycles. The minimum atomic E-state index is 0.115. The maximum absolute atomic E-state index is 9.60. The second-order valence-electron chi connectivity index (χ2n) is 3.92. The summed E-state index contributed by atoms with van der Waals surface area (Å²) in [4.78, 5) is 0. The van der Waals surface area contributed by atoms with Gasteiger partial charge in [0.1, 0.15) is 11.9 Å². The third-order valence-electron chi connectivity index (χ3n) is 2.70. The summed E-state index contributed by atoms with van der Waals surface area (Å²) in [5.41, 5.74) is 0. The van der Waals surface area contributed by atoms with Crippen LogP contribution in [0.15, 0.2) is 18.2 Å². The lowest BCUT2D eigenvalue weighted by Gasteiger charge is -2.24. The number of ether oxygens (including phenoxy) is 2. The van der Waals surface area contributed by atoms with Crippen molar-refractivity contribution in [1.29, 1.82) is 0 Å². The molecule has 1 fully saturated rings. The van der Waals surface area contributed by atoms with Crippen LogP contribution in [-0.2, 0) is 0 Å². The lowest BCUT2D eigenvalue weighted by Crippen LogP contribution is -2.37. The maximum atomic E-state index is 9.60. The number of nitrogens with one attached hydrogen (secondary N) is 1. The summed E-state index contributed by atoms with van der Waals surface area (Å²) in [6, 6.07) is 5.11. The van der Waals surface area contributed by atoms with Crippen LogP contribution in [0.5, 0.6) is 17.2 Å². The molecule has 4 heteroatoms. The molecule has 0 spiro atoms. The molecule has 0 bridgehead atoms. The van der Waals surface area contributed by atoms with Crippen LogP contribution in [0.4, 0.5) is 0 Å². The van der Waals surface area contributed by atoms with Gasteiger partial charge in [-0.05, 0) is 31.5 Å². The van der Waals surface area contributed by atoms with Crippen molar-refractivity contribution in [2.45, 2.75) is 18.9 Å². The molecule has 1 heterocycles. The van der Waals surface area contributed by atoms with Gasteiger partial charge in [0.2, 0.25) is 0 Å². The van der Waals surface area contributed by atoms with E-state index in [0.29, 0.717) is 11.5 Å². The van der Waals surface area contributed by atoms with Gasteiger partial charge in [0, 0.05) is 12.6 Å². The van der Waals surface area contributed by atoms with Crippen LogP contribution in [0.3, 0.4) is 0 Å². The number of methoxy groups -OCH3 is 1. The molecule has 1 saturated heterocycles. The molecule has 1 aromatic carbocycles. The van der Waals surface area contributed by atoms with Gasteiger partial charge in [0.15, 0.2) is 11.5 Å². The third kappa shape index (κ3) is 2.58. The van der Waals surface area contributed by atoms with Crippen LogP contribution in [0.2, 0.25) is 0 Å². The van der Waals surface area contributed by atoms with Crippen molar-refractivity contribution in [2.24, 2.45) is 0 Å². The minimum Gasteiger partial charge on any atom is -0.504 e. The van der Waals surface area contributed by atoms with E-state index in [1.165, 1.54) is 7.11 Å². The molecule has 2 rings (SSSR count). The zero-order chi connectivity index (χ0) is 11.4. The topological polar surface area (TPSA) is 50.7 Å². The van der Waals surface area contributed by atoms with Crippen LogP contribution >= 0.6 is 0 Å². The van der Waals surface area contributed by atoms with Crippen LogP contribution in [0, 0.1) is 0 Å². The highest BCUT2D eigenvalue weighted by atomic mass is 16.5. The van der Waals surface area contributed by atoms with Crippen LogP contribution < -0.4 is 14.8 Å². The van der Waals surface area contributed by atoms with Gasteiger partial charge < -0.3 is 19.9 Å². The lowest BCUT2D eigenvalue weighted by atomic mass is 10.1. The molecular weight excluding hydrogens is 206 g/mol. The molecule has 1 aliphatic heterocycles. The predicted octanol–water partition coefficient (Wildman–Crippen LogP) is 1.53. The van der Waals surface area contributed by atoms with E-state index in [0.717, 1.165) is 25.9 Å². The summed E-state index contributed by atoms with van der Waals surface area (Å²) < 4.78 is 10.7. The minimum absolute atomic E-state index is 0.115. The fourth-order valence-electron chi connectivity index (χ4n) is 1.86. The summed E-state index contributed by atoms with van der Waals surface area (Å²) >= 11 is 0. The number of aromatic hydroxyl groups is 1. The average Bonchev–Trinajstić information content (AvgIpc) is 2.31. The lowest BCUT2D eigenvalue weighted by molar-refractivity contribution is 0.166. The summed E-state index contributed by atoms with van der Waals surface area (Å²) in [6.07, 6.45) is 2.38. The standard InChI is InChI=1S/C12H17NO3/c1-15-12-5-4-9(7-11(12)14)16-10-3-2-6-13-8-10/h4-5,7,10,13-14H,2-3,6,8H2,1H3. The van der Waals surface area contributed by atoms with Crippen molar-refractivity contribution in [3.63, 3.8) is 0 Å². The number of benzene rings is 1. The van der Waals surface area contributed by atoms with Crippen LogP contribution in [0.1, 0.15) is 12.8 Å². The fraction of sp³-hybridized carbons (Fsp3) is 0.500. The molecule has 16 heavy (non-hydrogen) atoms. The predicted molar refractivity (Wildman–Crippen MR) is 61.2 cm³/mol. The second kappa shape index (κ2) is 5.07. The number of hydrogen-bond acceptors (Lipinski definition) is 4. The van der Waals surface area contributed by atoms with Crippen molar-refractivity contribution >= 4 is 0 Å². The average molecular weight is 223 g/mol. The van der Waals surface area contributed by atoms with Gasteiger partial charge >= 0.3 is 0 Å². The molecule has 0 aliphatic carbocycles. The first-order valence-corrected chi connectivity index (χ1v) is 5.54. The molecular formula is C12H17NO3. The number of hydrogen-bond donors (Lipinski definition) is 2. The van der Waals surface area contributed by atoms with Gasteiger partial charge in [-0.3, -0.25) is 0 Å². The largest absolute Gasteiger partial charge is 0.504 e. The third-order valence-corrected chi connectivity index (χ3v) is 2.70. The Labute approximate surface area is 95.2 Å². The molecule has 2 N–H and O–H groups in total. The van der Waals surface area contributed by atoms with Crippen molar-refractivity contribution in [2.75, 3.05) is 20.2 Å². The van der Waals surface area contributed by atoms with Crippen LogP contribution in [0.25, 0.3) is 0 Å². The molecule has 88 valence electrons. The summed E-state index contributed by atoms with van der Waals surface area (Å²) in [5, 5.41) is 12.9. The van der Waals surface area contributed by atoms with Gasteiger partial charge in [0.25, 0.3) is 0 Å². The summed E-state index contributed by atoms with van der Waals surface area (Å²) in [6.45, 7) is 1.93. The van der Waals surface area contributed by atoms with Crippen molar-refractivity contribution in [1.82, 2.24) is 5.32 Å². The Morgan fingerprint density at radius 2 is 2.31 bits per heavy atom. The van der Waals surface area contributed by atoms with E-state index in [4.69, 9.17) is 9.47 Å². The number of rotatable bonds is 3. The van der Waals surface area contributed by atoms with E-state index in [-0.39, 0.29) is 11.9 Å². The number of piperidine rings is 1. The Morgan fingerprint density at radius 1 is 1.44 bits per heavy atom. The maximum Gasteiger partial charge on any atom is 0.161 e. The Morgan fingerprint density at radius 3 is 2.94 bits per heavy atom. The molecule has 0 radical (unpaired) electrons. The first-order chi connectivity index (χ1) is 7.79. The van der Waals surface area contributed by atoms with Gasteiger partial charge in [-0.1, -0.05) is 0 Å². The van der Waals surface area contributed by atoms with Crippen molar-refractivity contribution in [3.8, 4) is 17.2 Å². The smallest absolute Gasteiger partial charge is 0.161 e. The first kappa shape index (κ1) is 11.1. The fourth-order valence-corrected chi connectivity index (χ4v) is 1.86. The normalized spacial score (nSPS) is 20.4. The SMILES string of the molecule is COc1ccc(OC2CCCNC2)cc1O. The van der Waals surface area contributed by atoms with Gasteiger partial charge in [0.05, 0.1) is 7.11 Å². The zero-order valence-corrected chi connectivity index (χ0v) is 9.40. The van der Waals surface area contributed by atoms with Gasteiger partial charge in [-0.15, -0.1) is 0 Å². The van der Waals surface area contributed by atoms with Crippen molar-refractivity contribution in [3.05, 3.63) is 18.2 Å². The van der Waals surface area contributed by atoms with E-state index in [9.17, 15) is 5.11 Å². The molecule has 1 aliphatic rings. The Balaban J connectivity index is 2.01. The summed E-state index contributed by atoms with van der Waals surface area (Å²) in [5.74, 6) is 1.27.